The van der Waals surface area contributed by atoms with Crippen LogP contribution in [0.1, 0.15) is 22.7 Å². The number of hydrogen-bond acceptors (Lipinski definition) is 8. The van der Waals surface area contributed by atoms with Crippen molar-refractivity contribution in [2.75, 3.05) is 0 Å². The molecule has 232 valence electrons. The lowest BCUT2D eigenvalue weighted by atomic mass is 10.0. The Morgan fingerprint density at radius 2 is 1.20 bits per heavy atom. The SMILES string of the molecule is Cc1cccc(-c2ccc(-c3nnc(C4=NC(c5cccc(-c6nnc(-c7ccc(C8=CC=C=CC=C8)cc7)o6)n5)=CC=C=C4)o3)cc2)c1. The van der Waals surface area contributed by atoms with Gasteiger partial charge in [-0.2, -0.15) is 0 Å². The third-order valence-corrected chi connectivity index (χ3v) is 7.87. The average molecular weight is 635 g/mol. The Kier molecular flexibility index (Phi) is 7.82. The van der Waals surface area contributed by atoms with Crippen LogP contribution < -0.4 is 0 Å². The number of hydrogen-bond donors (Lipinski definition) is 0. The van der Waals surface area contributed by atoms with Gasteiger partial charge in [0.05, 0.1) is 11.4 Å². The molecule has 4 heterocycles. The number of rotatable bonds is 7. The van der Waals surface area contributed by atoms with Gasteiger partial charge in [-0.15, -0.1) is 31.9 Å². The molecule has 3 aromatic heterocycles. The highest BCUT2D eigenvalue weighted by molar-refractivity contribution is 6.08. The maximum atomic E-state index is 6.07. The molecule has 49 heavy (non-hydrogen) atoms. The van der Waals surface area contributed by atoms with Gasteiger partial charge < -0.3 is 8.83 Å². The second kappa shape index (κ2) is 13.0. The first-order valence-electron chi connectivity index (χ1n) is 15.6. The van der Waals surface area contributed by atoms with E-state index in [0.29, 0.717) is 40.5 Å². The zero-order chi connectivity index (χ0) is 33.0. The molecule has 0 bridgehead atoms. The highest BCUT2D eigenvalue weighted by Crippen LogP contribution is 2.28. The summed E-state index contributed by atoms with van der Waals surface area (Å²) in [6, 6.07) is 30.0. The van der Waals surface area contributed by atoms with Crippen LogP contribution in [0.15, 0.2) is 165 Å². The van der Waals surface area contributed by atoms with Crippen LogP contribution in [0, 0.1) is 6.92 Å². The normalized spacial score (nSPS) is 13.5. The summed E-state index contributed by atoms with van der Waals surface area (Å²) < 4.78 is 12.1. The molecule has 3 aromatic carbocycles. The van der Waals surface area contributed by atoms with E-state index in [1.807, 2.05) is 103 Å². The minimum atomic E-state index is 0.273. The van der Waals surface area contributed by atoms with Crippen molar-refractivity contribution in [3.63, 3.8) is 0 Å². The topological polar surface area (TPSA) is 103 Å². The molecule has 8 rings (SSSR count). The number of aryl methyl sites for hydroxylation is 1. The van der Waals surface area contributed by atoms with Crippen LogP contribution >= 0.6 is 0 Å². The average Bonchev–Trinajstić information content (AvgIpc) is 3.68. The molecule has 0 amide bonds. The second-order valence-corrected chi connectivity index (χ2v) is 11.3. The van der Waals surface area contributed by atoms with Gasteiger partial charge in [-0.3, -0.25) is 0 Å². The molecule has 0 saturated carbocycles. The third-order valence-electron chi connectivity index (χ3n) is 7.87. The molecular weight excluding hydrogens is 608 g/mol. The molecule has 0 spiro atoms. The number of allylic oxidation sites excluding steroid dienone is 7. The van der Waals surface area contributed by atoms with E-state index in [2.05, 4.69) is 63.0 Å². The van der Waals surface area contributed by atoms with Crippen molar-refractivity contribution >= 4 is 17.0 Å². The van der Waals surface area contributed by atoms with Gasteiger partial charge in [0.2, 0.25) is 11.8 Å². The molecule has 0 atom stereocenters. The van der Waals surface area contributed by atoms with Gasteiger partial charge in [-0.25, -0.2) is 9.98 Å². The number of benzene rings is 3. The molecule has 1 aliphatic heterocycles. The summed E-state index contributed by atoms with van der Waals surface area (Å²) in [6.07, 6.45) is 15.1. The highest BCUT2D eigenvalue weighted by Gasteiger charge is 2.17. The number of pyridine rings is 1. The first kappa shape index (κ1) is 29.4. The van der Waals surface area contributed by atoms with Crippen molar-refractivity contribution < 1.29 is 8.83 Å². The Bertz CT molecular complexity index is 2460. The van der Waals surface area contributed by atoms with Crippen LogP contribution in [-0.2, 0) is 0 Å². The van der Waals surface area contributed by atoms with E-state index in [1.165, 1.54) is 5.56 Å². The summed E-state index contributed by atoms with van der Waals surface area (Å²) in [6.45, 7) is 2.08. The van der Waals surface area contributed by atoms with Crippen LogP contribution in [0.2, 0.25) is 0 Å². The zero-order valence-electron chi connectivity index (χ0n) is 26.3. The van der Waals surface area contributed by atoms with Gasteiger partial charge >= 0.3 is 0 Å². The standard InChI is InChI=1S/C41H26N6O2/c1-27-10-8-13-33(26-27)30-20-24-32(25-21-30)39-44-46-40(48-39)36-15-7-6-14-34(42-36)35-16-9-17-37(43-35)41-47-45-38(49-41)31-22-18-29(19-23-31)28-11-4-2-3-5-12-28/h2,4-6,8-26H,1H3. The van der Waals surface area contributed by atoms with E-state index < -0.39 is 0 Å². The third kappa shape index (κ3) is 6.37. The lowest BCUT2D eigenvalue weighted by molar-refractivity contribution is 0.559. The summed E-state index contributed by atoms with van der Waals surface area (Å²) in [5.74, 6) is 1.37. The van der Waals surface area contributed by atoms with Gasteiger partial charge in [-0.05, 0) is 96.0 Å². The van der Waals surface area contributed by atoms with E-state index in [-0.39, 0.29) is 5.89 Å². The predicted octanol–water partition coefficient (Wildman–Crippen LogP) is 9.04. The molecule has 0 unspecified atom stereocenters. The highest BCUT2D eigenvalue weighted by atomic mass is 16.4. The van der Waals surface area contributed by atoms with Gasteiger partial charge in [-0.1, -0.05) is 72.3 Å². The van der Waals surface area contributed by atoms with Gasteiger partial charge in [0, 0.05) is 17.2 Å². The quantitative estimate of drug-likeness (QED) is 0.161. The molecule has 8 heteroatoms. The van der Waals surface area contributed by atoms with E-state index in [4.69, 9.17) is 18.8 Å². The van der Waals surface area contributed by atoms with E-state index in [0.717, 1.165) is 33.4 Å². The minimum Gasteiger partial charge on any atom is -0.415 e. The van der Waals surface area contributed by atoms with Crippen molar-refractivity contribution in [3.8, 4) is 45.6 Å². The lowest BCUT2D eigenvalue weighted by Crippen LogP contribution is -1.99. The Morgan fingerprint density at radius 3 is 2.00 bits per heavy atom. The Morgan fingerprint density at radius 1 is 0.551 bits per heavy atom. The number of aromatic nitrogens is 5. The fourth-order valence-electron chi connectivity index (χ4n) is 5.37. The Hall–Kier alpha value is -6.98. The first-order valence-corrected chi connectivity index (χ1v) is 15.6. The monoisotopic (exact) mass is 634 g/mol. The smallest absolute Gasteiger partial charge is 0.267 e. The Labute approximate surface area is 282 Å². The van der Waals surface area contributed by atoms with Gasteiger partial charge in [0.15, 0.2) is 0 Å². The van der Waals surface area contributed by atoms with Crippen molar-refractivity contribution in [1.82, 2.24) is 25.4 Å². The summed E-state index contributed by atoms with van der Waals surface area (Å²) in [4.78, 5) is 9.60. The fraction of sp³-hybridized carbons (Fsp3) is 0.0244. The van der Waals surface area contributed by atoms with Gasteiger partial charge in [0.1, 0.15) is 11.4 Å². The molecule has 2 aliphatic rings. The van der Waals surface area contributed by atoms with E-state index in [9.17, 15) is 0 Å². The number of aliphatic imine (C=N–C) groups is 1. The molecule has 6 aromatic rings. The van der Waals surface area contributed by atoms with Crippen LogP contribution in [0.3, 0.4) is 0 Å². The largest absolute Gasteiger partial charge is 0.415 e. The van der Waals surface area contributed by atoms with Crippen molar-refractivity contribution in [2.45, 2.75) is 6.92 Å². The van der Waals surface area contributed by atoms with Crippen molar-refractivity contribution in [2.24, 2.45) is 4.99 Å². The molecule has 8 nitrogen and oxygen atoms in total. The van der Waals surface area contributed by atoms with Crippen molar-refractivity contribution in [3.05, 3.63) is 174 Å². The maximum Gasteiger partial charge on any atom is 0.267 e. The molecular formula is C41H26N6O2. The minimum absolute atomic E-state index is 0.273. The summed E-state index contributed by atoms with van der Waals surface area (Å²) in [7, 11) is 0. The van der Waals surface area contributed by atoms with Crippen LogP contribution in [0.25, 0.3) is 56.9 Å². The zero-order valence-corrected chi connectivity index (χ0v) is 26.3. The maximum absolute atomic E-state index is 6.07. The molecule has 1 aliphatic carbocycles. The lowest BCUT2D eigenvalue weighted by Gasteiger charge is -2.04. The Balaban J connectivity index is 1.01. The molecule has 0 fully saturated rings. The fourth-order valence-corrected chi connectivity index (χ4v) is 5.37. The summed E-state index contributed by atoms with van der Waals surface area (Å²) in [5, 5.41) is 17.1. The summed E-state index contributed by atoms with van der Waals surface area (Å²) >= 11 is 0. The second-order valence-electron chi connectivity index (χ2n) is 11.3. The van der Waals surface area contributed by atoms with Crippen molar-refractivity contribution in [1.29, 1.82) is 0 Å². The van der Waals surface area contributed by atoms with Gasteiger partial charge in [0.25, 0.3) is 11.8 Å². The van der Waals surface area contributed by atoms with Crippen LogP contribution in [0.5, 0.6) is 0 Å². The number of nitrogens with zero attached hydrogens (tertiary/aromatic N) is 6. The summed E-state index contributed by atoms with van der Waals surface area (Å²) in [5.41, 5.74) is 15.6. The van der Waals surface area contributed by atoms with Crippen LogP contribution in [-0.4, -0.2) is 31.1 Å². The van der Waals surface area contributed by atoms with E-state index in [1.54, 1.807) is 12.2 Å². The van der Waals surface area contributed by atoms with Crippen LogP contribution in [0.4, 0.5) is 0 Å². The predicted molar refractivity (Wildman–Crippen MR) is 190 cm³/mol. The first-order chi connectivity index (χ1) is 24.2. The molecule has 0 saturated heterocycles. The van der Waals surface area contributed by atoms with E-state index >= 15 is 0 Å². The molecule has 0 N–H and O–H groups in total. The molecule has 0 radical (unpaired) electrons.